The van der Waals surface area contributed by atoms with Crippen molar-refractivity contribution >= 4 is 29.0 Å². The fraction of sp³-hybridized carbons (Fsp3) is 0.0952. The second kappa shape index (κ2) is 7.23. The molecule has 4 aromatic rings. The van der Waals surface area contributed by atoms with Crippen LogP contribution in [0, 0.1) is 19.7 Å². The fourth-order valence-corrected chi connectivity index (χ4v) is 3.24. The largest absolute Gasteiger partial charge is 0.368 e. The van der Waals surface area contributed by atoms with E-state index in [0.29, 0.717) is 22.8 Å². The number of aromatic nitrogens is 3. The molecule has 2 heterocycles. The molecule has 7 nitrogen and oxygen atoms in total. The number of pyridine rings is 1. The number of nitrogens with zero attached hydrogens (tertiary/aromatic N) is 3. The number of amides is 2. The number of halogens is 1. The van der Waals surface area contributed by atoms with E-state index >= 15 is 0 Å². The summed E-state index contributed by atoms with van der Waals surface area (Å²) in [4.78, 5) is 12.3. The van der Waals surface area contributed by atoms with Crippen molar-refractivity contribution in [3.8, 4) is 11.3 Å². The summed E-state index contributed by atoms with van der Waals surface area (Å²) in [6, 6.07) is 15.6. The van der Waals surface area contributed by atoms with Gasteiger partial charge in [0, 0.05) is 5.69 Å². The number of benzene rings is 2. The number of aryl methyl sites for hydroxylation is 2. The molecule has 2 amide bonds. The zero-order valence-electron chi connectivity index (χ0n) is 15.9. The highest BCUT2D eigenvalue weighted by molar-refractivity contribution is 6.00. The first-order chi connectivity index (χ1) is 13.9. The van der Waals surface area contributed by atoms with Crippen molar-refractivity contribution in [2.45, 2.75) is 13.8 Å². The van der Waals surface area contributed by atoms with E-state index in [2.05, 4.69) is 20.8 Å². The van der Waals surface area contributed by atoms with Gasteiger partial charge in [0.05, 0.1) is 11.4 Å². The van der Waals surface area contributed by atoms with Crippen LogP contribution in [0.2, 0.25) is 0 Å². The summed E-state index contributed by atoms with van der Waals surface area (Å²) in [6.07, 6.45) is 0. The Kier molecular flexibility index (Phi) is 4.59. The third-order valence-corrected chi connectivity index (χ3v) is 4.54. The molecule has 29 heavy (non-hydrogen) atoms. The summed E-state index contributed by atoms with van der Waals surface area (Å²) in [5.74, 6) is -0.145. The van der Waals surface area contributed by atoms with Crippen LogP contribution in [0.5, 0.6) is 0 Å². The summed E-state index contributed by atoms with van der Waals surface area (Å²) in [7, 11) is 0. The van der Waals surface area contributed by atoms with Crippen molar-refractivity contribution < 1.29 is 9.18 Å². The highest BCUT2D eigenvalue weighted by Gasteiger charge is 2.11. The van der Waals surface area contributed by atoms with Gasteiger partial charge in [0.15, 0.2) is 5.65 Å². The van der Waals surface area contributed by atoms with Gasteiger partial charge in [-0.3, -0.25) is 4.40 Å². The van der Waals surface area contributed by atoms with Crippen LogP contribution in [0.1, 0.15) is 11.1 Å². The average Bonchev–Trinajstić information content (AvgIpc) is 3.07. The molecule has 0 aliphatic carbocycles. The molecule has 2 aromatic heterocycles. The number of carbonyl (C=O) groups is 1. The zero-order valence-corrected chi connectivity index (χ0v) is 15.9. The third kappa shape index (κ3) is 3.60. The van der Waals surface area contributed by atoms with Gasteiger partial charge in [-0.25, -0.2) is 9.18 Å². The van der Waals surface area contributed by atoms with Crippen molar-refractivity contribution in [3.05, 3.63) is 71.5 Å². The zero-order chi connectivity index (χ0) is 20.5. The highest BCUT2D eigenvalue weighted by Crippen LogP contribution is 2.24. The summed E-state index contributed by atoms with van der Waals surface area (Å²) >= 11 is 0. The highest BCUT2D eigenvalue weighted by atomic mass is 19.1. The lowest BCUT2D eigenvalue weighted by Crippen LogP contribution is -2.20. The Labute approximate surface area is 166 Å². The van der Waals surface area contributed by atoms with Crippen LogP contribution < -0.4 is 16.4 Å². The van der Waals surface area contributed by atoms with Gasteiger partial charge in [-0.1, -0.05) is 24.3 Å². The number of nitrogen functional groups attached to an aromatic ring is 1. The standard InChI is InChI=1S/C21H19FN6O/c1-12-10-13(2)19(22)16(11-12)25-21(29)24-15-8-6-14(7-9-15)17-4-3-5-18-26-27-20(23)28(17)18/h3-11H,1-2H3,(H2,23,27)(H2,24,25,29). The Morgan fingerprint density at radius 1 is 1.03 bits per heavy atom. The quantitative estimate of drug-likeness (QED) is 0.484. The summed E-state index contributed by atoms with van der Waals surface area (Å²) in [5, 5.41) is 13.2. The molecule has 0 fully saturated rings. The van der Waals surface area contributed by atoms with E-state index in [1.807, 2.05) is 37.3 Å². The van der Waals surface area contributed by atoms with Crippen LogP contribution >= 0.6 is 0 Å². The number of carbonyl (C=O) groups excluding carboxylic acids is 1. The van der Waals surface area contributed by atoms with Crippen molar-refractivity contribution in [1.29, 1.82) is 0 Å². The van der Waals surface area contributed by atoms with E-state index in [1.165, 1.54) is 0 Å². The molecule has 0 bridgehead atoms. The van der Waals surface area contributed by atoms with Crippen LogP contribution in [0.15, 0.2) is 54.6 Å². The smallest absolute Gasteiger partial charge is 0.323 e. The molecule has 2 aromatic carbocycles. The topological polar surface area (TPSA) is 97.3 Å². The van der Waals surface area contributed by atoms with Crippen LogP contribution in [0.25, 0.3) is 16.9 Å². The van der Waals surface area contributed by atoms with Crippen LogP contribution in [-0.4, -0.2) is 20.6 Å². The minimum Gasteiger partial charge on any atom is -0.368 e. The van der Waals surface area contributed by atoms with E-state index in [-0.39, 0.29) is 5.69 Å². The van der Waals surface area contributed by atoms with Gasteiger partial charge >= 0.3 is 6.03 Å². The number of rotatable bonds is 3. The minimum absolute atomic E-state index is 0.145. The second-order valence-electron chi connectivity index (χ2n) is 6.76. The molecule has 0 atom stereocenters. The monoisotopic (exact) mass is 390 g/mol. The maximum absolute atomic E-state index is 14.2. The molecule has 0 spiro atoms. The van der Waals surface area contributed by atoms with Gasteiger partial charge in [0.1, 0.15) is 5.82 Å². The van der Waals surface area contributed by atoms with Crippen molar-refractivity contribution in [3.63, 3.8) is 0 Å². The molecular weight excluding hydrogens is 371 g/mol. The van der Waals surface area contributed by atoms with Crippen molar-refractivity contribution in [1.82, 2.24) is 14.6 Å². The third-order valence-electron chi connectivity index (χ3n) is 4.54. The van der Waals surface area contributed by atoms with Gasteiger partial charge in [-0.05, 0) is 60.9 Å². The predicted octanol–water partition coefficient (Wildman–Crippen LogP) is 4.38. The molecule has 0 saturated carbocycles. The van der Waals surface area contributed by atoms with Gasteiger partial charge in [-0.2, -0.15) is 0 Å². The lowest BCUT2D eigenvalue weighted by atomic mass is 10.1. The Morgan fingerprint density at radius 2 is 1.79 bits per heavy atom. The van der Waals surface area contributed by atoms with Gasteiger partial charge in [0.2, 0.25) is 5.95 Å². The number of urea groups is 1. The Hall–Kier alpha value is -3.94. The lowest BCUT2D eigenvalue weighted by molar-refractivity contribution is 0.262. The lowest BCUT2D eigenvalue weighted by Gasteiger charge is -2.11. The fourth-order valence-electron chi connectivity index (χ4n) is 3.24. The number of nitrogens with one attached hydrogen (secondary N) is 2. The Bertz CT molecular complexity index is 1220. The molecule has 0 radical (unpaired) electrons. The van der Waals surface area contributed by atoms with Gasteiger partial charge < -0.3 is 16.4 Å². The van der Waals surface area contributed by atoms with Crippen LogP contribution in [0.4, 0.5) is 26.5 Å². The molecule has 0 aliphatic heterocycles. The molecule has 4 rings (SSSR count). The molecule has 0 saturated heterocycles. The molecule has 146 valence electrons. The molecule has 0 unspecified atom stereocenters. The van der Waals surface area contributed by atoms with Crippen LogP contribution in [-0.2, 0) is 0 Å². The number of hydrogen-bond acceptors (Lipinski definition) is 4. The number of hydrogen-bond donors (Lipinski definition) is 3. The van der Waals surface area contributed by atoms with Crippen LogP contribution in [0.3, 0.4) is 0 Å². The summed E-state index contributed by atoms with van der Waals surface area (Å²) in [6.45, 7) is 3.50. The van der Waals surface area contributed by atoms with Crippen molar-refractivity contribution in [2.75, 3.05) is 16.4 Å². The first kappa shape index (κ1) is 18.4. The normalized spacial score (nSPS) is 10.9. The second-order valence-corrected chi connectivity index (χ2v) is 6.76. The summed E-state index contributed by atoms with van der Waals surface area (Å²) < 4.78 is 15.9. The molecule has 4 N–H and O–H groups in total. The van der Waals surface area contributed by atoms with Gasteiger partial charge in [-0.15, -0.1) is 10.2 Å². The van der Waals surface area contributed by atoms with E-state index < -0.39 is 11.8 Å². The van der Waals surface area contributed by atoms with E-state index in [9.17, 15) is 9.18 Å². The SMILES string of the molecule is Cc1cc(C)c(F)c(NC(=O)Nc2ccc(-c3cccc4nnc(N)n34)cc2)c1. The van der Waals surface area contributed by atoms with E-state index in [0.717, 1.165) is 16.8 Å². The molecule has 8 heteroatoms. The first-order valence-corrected chi connectivity index (χ1v) is 8.97. The first-order valence-electron chi connectivity index (χ1n) is 8.97. The number of nitrogens with two attached hydrogens (primary N) is 1. The Balaban J connectivity index is 1.53. The predicted molar refractivity (Wildman–Crippen MR) is 111 cm³/mol. The maximum Gasteiger partial charge on any atom is 0.323 e. The van der Waals surface area contributed by atoms with Gasteiger partial charge in [0.25, 0.3) is 0 Å². The minimum atomic E-state index is -0.521. The van der Waals surface area contributed by atoms with E-state index in [4.69, 9.17) is 5.73 Å². The molecular formula is C21H19FN6O. The Morgan fingerprint density at radius 3 is 2.55 bits per heavy atom. The number of anilines is 3. The molecule has 0 aliphatic rings. The van der Waals surface area contributed by atoms with Crippen molar-refractivity contribution in [2.24, 2.45) is 0 Å². The maximum atomic E-state index is 14.2. The van der Waals surface area contributed by atoms with E-state index in [1.54, 1.807) is 35.6 Å². The average molecular weight is 390 g/mol. The summed E-state index contributed by atoms with van der Waals surface area (Å²) in [5.41, 5.74) is 10.3. The number of fused-ring (bicyclic) bond motifs is 1.